The summed E-state index contributed by atoms with van der Waals surface area (Å²) in [7, 11) is 1.53. The Morgan fingerprint density at radius 3 is 2.65 bits per heavy atom. The normalized spacial score (nSPS) is 20.8. The molecule has 6 nitrogen and oxygen atoms in total. The van der Waals surface area contributed by atoms with Crippen molar-refractivity contribution in [3.8, 4) is 0 Å². The van der Waals surface area contributed by atoms with Crippen LogP contribution in [0.3, 0.4) is 0 Å². The molecule has 1 aromatic heterocycles. The average Bonchev–Trinajstić information content (AvgIpc) is 2.83. The topological polar surface area (TPSA) is 67.2 Å². The van der Waals surface area contributed by atoms with Gasteiger partial charge in [0.05, 0.1) is 11.9 Å². The van der Waals surface area contributed by atoms with Crippen LogP contribution in [0.25, 0.3) is 0 Å². The van der Waals surface area contributed by atoms with Crippen molar-refractivity contribution in [3.63, 3.8) is 0 Å². The van der Waals surface area contributed by atoms with Crippen molar-refractivity contribution < 1.29 is 4.79 Å². The summed E-state index contributed by atoms with van der Waals surface area (Å²) < 4.78 is 1.16. The van der Waals surface area contributed by atoms with Crippen LogP contribution in [0.15, 0.2) is 41.3 Å². The highest BCUT2D eigenvalue weighted by atomic mass is 35.5. The van der Waals surface area contributed by atoms with Gasteiger partial charge in [-0.05, 0) is 25.5 Å². The fraction of sp³-hybridized carbons (Fsp3) is 0.312. The summed E-state index contributed by atoms with van der Waals surface area (Å²) in [6.07, 6.45) is 2.09. The van der Waals surface area contributed by atoms with Gasteiger partial charge in [-0.1, -0.05) is 29.8 Å². The SMILES string of the molecule is CC1CC(Nc2cnn(C)c(=O)c2Cl)C(=O)N1c1ccccc1. The van der Waals surface area contributed by atoms with Crippen LogP contribution in [-0.2, 0) is 11.8 Å². The van der Waals surface area contributed by atoms with Crippen LogP contribution in [0, 0.1) is 0 Å². The summed E-state index contributed by atoms with van der Waals surface area (Å²) in [5.74, 6) is -0.0413. The first kappa shape index (κ1) is 15.6. The van der Waals surface area contributed by atoms with E-state index < -0.39 is 11.6 Å². The van der Waals surface area contributed by atoms with Gasteiger partial charge in [0.15, 0.2) is 0 Å². The van der Waals surface area contributed by atoms with E-state index >= 15 is 0 Å². The summed E-state index contributed by atoms with van der Waals surface area (Å²) >= 11 is 6.05. The van der Waals surface area contributed by atoms with Crippen LogP contribution in [0.5, 0.6) is 0 Å². The molecule has 2 heterocycles. The molecule has 23 heavy (non-hydrogen) atoms. The molecule has 1 aliphatic heterocycles. The Morgan fingerprint density at radius 2 is 1.96 bits per heavy atom. The first-order valence-electron chi connectivity index (χ1n) is 7.35. The van der Waals surface area contributed by atoms with Gasteiger partial charge in [-0.15, -0.1) is 0 Å². The highest BCUT2D eigenvalue weighted by molar-refractivity contribution is 6.33. The van der Waals surface area contributed by atoms with E-state index in [-0.39, 0.29) is 17.0 Å². The maximum absolute atomic E-state index is 12.7. The Labute approximate surface area is 138 Å². The number of benzene rings is 1. The number of aromatic nitrogens is 2. The van der Waals surface area contributed by atoms with E-state index in [0.29, 0.717) is 12.1 Å². The minimum Gasteiger partial charge on any atom is -0.371 e. The molecule has 0 saturated carbocycles. The third-order valence-electron chi connectivity index (χ3n) is 4.00. The van der Waals surface area contributed by atoms with Gasteiger partial charge in [-0.2, -0.15) is 5.10 Å². The third kappa shape index (κ3) is 2.82. The van der Waals surface area contributed by atoms with Crippen molar-refractivity contribution >= 4 is 28.9 Å². The summed E-state index contributed by atoms with van der Waals surface area (Å²) in [5.41, 5.74) is 0.854. The standard InChI is InChI=1S/C16H17ClN4O2/c1-10-8-12(15(22)21(10)11-6-4-3-5-7-11)19-13-9-18-20(2)16(23)14(13)17/h3-7,9-10,12,19H,8H2,1-2H3. The Morgan fingerprint density at radius 1 is 1.26 bits per heavy atom. The van der Waals surface area contributed by atoms with E-state index in [2.05, 4.69) is 10.4 Å². The fourth-order valence-corrected chi connectivity index (χ4v) is 3.05. The number of carbonyl (C=O) groups is 1. The molecule has 1 aromatic carbocycles. The van der Waals surface area contributed by atoms with E-state index in [4.69, 9.17) is 11.6 Å². The Kier molecular flexibility index (Phi) is 4.09. The lowest BCUT2D eigenvalue weighted by atomic mass is 10.2. The molecular weight excluding hydrogens is 316 g/mol. The second kappa shape index (κ2) is 6.04. The molecule has 1 N–H and O–H groups in total. The predicted octanol–water partition coefficient (Wildman–Crippen LogP) is 2.04. The minimum absolute atomic E-state index is 0.0413. The fourth-order valence-electron chi connectivity index (χ4n) is 2.82. The molecule has 0 aliphatic carbocycles. The van der Waals surface area contributed by atoms with Crippen molar-refractivity contribution in [3.05, 3.63) is 51.9 Å². The number of halogens is 1. The zero-order chi connectivity index (χ0) is 16.6. The monoisotopic (exact) mass is 332 g/mol. The summed E-state index contributed by atoms with van der Waals surface area (Å²) in [6, 6.07) is 9.15. The Balaban J connectivity index is 1.85. The zero-order valence-corrected chi connectivity index (χ0v) is 13.6. The van der Waals surface area contributed by atoms with Gasteiger partial charge in [0.1, 0.15) is 11.1 Å². The van der Waals surface area contributed by atoms with Gasteiger partial charge in [-0.25, -0.2) is 4.68 Å². The molecule has 2 atom stereocenters. The van der Waals surface area contributed by atoms with Crippen LogP contribution in [0.1, 0.15) is 13.3 Å². The minimum atomic E-state index is -0.434. The molecule has 1 amide bonds. The number of rotatable bonds is 3. The lowest BCUT2D eigenvalue weighted by Gasteiger charge is -2.21. The molecule has 7 heteroatoms. The second-order valence-corrected chi connectivity index (χ2v) is 6.00. The van der Waals surface area contributed by atoms with E-state index in [1.54, 1.807) is 4.90 Å². The number of anilines is 2. The van der Waals surface area contributed by atoms with Crippen molar-refractivity contribution in [1.82, 2.24) is 9.78 Å². The average molecular weight is 333 g/mol. The van der Waals surface area contributed by atoms with Crippen LogP contribution in [0.2, 0.25) is 5.02 Å². The van der Waals surface area contributed by atoms with E-state index in [1.807, 2.05) is 37.3 Å². The molecule has 0 radical (unpaired) electrons. The number of amides is 1. The highest BCUT2D eigenvalue weighted by Crippen LogP contribution is 2.29. The zero-order valence-electron chi connectivity index (χ0n) is 12.9. The number of hydrogen-bond acceptors (Lipinski definition) is 4. The third-order valence-corrected chi connectivity index (χ3v) is 4.36. The molecule has 1 saturated heterocycles. The molecule has 1 aliphatic rings. The smallest absolute Gasteiger partial charge is 0.287 e. The van der Waals surface area contributed by atoms with Gasteiger partial charge in [0, 0.05) is 18.8 Å². The summed E-state index contributed by atoms with van der Waals surface area (Å²) in [4.78, 5) is 26.3. The van der Waals surface area contributed by atoms with Crippen LogP contribution < -0.4 is 15.8 Å². The van der Waals surface area contributed by atoms with E-state index in [0.717, 1.165) is 10.4 Å². The van der Waals surface area contributed by atoms with Gasteiger partial charge >= 0.3 is 0 Å². The molecule has 0 bridgehead atoms. The van der Waals surface area contributed by atoms with Crippen LogP contribution >= 0.6 is 11.6 Å². The predicted molar refractivity (Wildman–Crippen MR) is 89.9 cm³/mol. The largest absolute Gasteiger partial charge is 0.371 e. The maximum Gasteiger partial charge on any atom is 0.287 e. The van der Waals surface area contributed by atoms with Crippen molar-refractivity contribution in [2.75, 3.05) is 10.2 Å². The number of nitrogens with zero attached hydrogens (tertiary/aromatic N) is 3. The van der Waals surface area contributed by atoms with Crippen LogP contribution in [-0.4, -0.2) is 27.8 Å². The summed E-state index contributed by atoms with van der Waals surface area (Å²) in [5, 5.41) is 7.04. The van der Waals surface area contributed by atoms with Crippen molar-refractivity contribution in [2.24, 2.45) is 7.05 Å². The van der Waals surface area contributed by atoms with Crippen molar-refractivity contribution in [2.45, 2.75) is 25.4 Å². The first-order chi connectivity index (χ1) is 11.0. The van der Waals surface area contributed by atoms with Crippen molar-refractivity contribution in [1.29, 1.82) is 0 Å². The number of hydrogen-bond donors (Lipinski definition) is 1. The highest BCUT2D eigenvalue weighted by Gasteiger charge is 2.38. The molecular formula is C16H17ClN4O2. The number of para-hydroxylation sites is 1. The van der Waals surface area contributed by atoms with Gasteiger partial charge in [0.25, 0.3) is 5.56 Å². The van der Waals surface area contributed by atoms with E-state index in [9.17, 15) is 9.59 Å². The quantitative estimate of drug-likeness (QED) is 0.934. The van der Waals surface area contributed by atoms with Gasteiger partial charge in [-0.3, -0.25) is 9.59 Å². The van der Waals surface area contributed by atoms with Crippen LogP contribution in [0.4, 0.5) is 11.4 Å². The Hall–Kier alpha value is -2.34. The second-order valence-electron chi connectivity index (χ2n) is 5.63. The first-order valence-corrected chi connectivity index (χ1v) is 7.73. The van der Waals surface area contributed by atoms with E-state index in [1.165, 1.54) is 13.2 Å². The lowest BCUT2D eigenvalue weighted by molar-refractivity contribution is -0.117. The molecule has 2 aromatic rings. The molecule has 120 valence electrons. The molecule has 0 spiro atoms. The Bertz CT molecular complexity index is 790. The molecule has 1 fully saturated rings. The molecule has 3 rings (SSSR count). The maximum atomic E-state index is 12.7. The number of nitrogens with one attached hydrogen (secondary N) is 1. The number of carbonyl (C=O) groups excluding carboxylic acids is 1. The van der Waals surface area contributed by atoms with Gasteiger partial charge in [0.2, 0.25) is 5.91 Å². The van der Waals surface area contributed by atoms with Gasteiger partial charge < -0.3 is 10.2 Å². The summed E-state index contributed by atoms with van der Waals surface area (Å²) in [6.45, 7) is 2.00. The molecule has 2 unspecified atom stereocenters. The number of aryl methyl sites for hydroxylation is 1. The lowest BCUT2D eigenvalue weighted by Crippen LogP contribution is -2.36.